The number of fused-ring (bicyclic) bond motifs is 1. The molecule has 30 heavy (non-hydrogen) atoms. The molecule has 0 unspecified atom stereocenters. The van der Waals surface area contributed by atoms with E-state index < -0.39 is 33.2 Å². The molecule has 0 spiro atoms. The summed E-state index contributed by atoms with van der Waals surface area (Å²) in [5.74, 6) is -2.95. The molecule has 2 aromatic carbocycles. The van der Waals surface area contributed by atoms with Crippen molar-refractivity contribution in [1.82, 2.24) is 9.21 Å². The molecule has 0 N–H and O–H groups in total. The second-order valence-electron chi connectivity index (χ2n) is 6.76. The first-order valence-corrected chi connectivity index (χ1v) is 10.5. The van der Waals surface area contributed by atoms with Crippen molar-refractivity contribution in [1.29, 1.82) is 0 Å². The highest BCUT2D eigenvalue weighted by Crippen LogP contribution is 2.21. The summed E-state index contributed by atoms with van der Waals surface area (Å²) in [6.45, 7) is -0.0278. The lowest BCUT2D eigenvalue weighted by Gasteiger charge is -2.33. The second-order valence-corrected chi connectivity index (χ2v) is 8.70. The number of rotatable bonds is 3. The molecule has 1 amide bonds. The van der Waals surface area contributed by atoms with Crippen molar-refractivity contribution in [2.45, 2.75) is 4.90 Å². The van der Waals surface area contributed by atoms with E-state index in [1.54, 1.807) is 24.3 Å². The summed E-state index contributed by atoms with van der Waals surface area (Å²) in [6.07, 6.45) is 0. The number of carbonyl (C=O) groups is 1. The van der Waals surface area contributed by atoms with E-state index >= 15 is 0 Å². The Balaban J connectivity index is 1.52. The van der Waals surface area contributed by atoms with E-state index in [1.165, 1.54) is 11.0 Å². The molecule has 0 bridgehead atoms. The fourth-order valence-corrected chi connectivity index (χ4v) is 4.73. The van der Waals surface area contributed by atoms with Gasteiger partial charge in [-0.25, -0.2) is 22.0 Å². The van der Waals surface area contributed by atoms with Crippen molar-refractivity contribution in [2.24, 2.45) is 0 Å². The normalized spacial score (nSPS) is 15.5. The largest absolute Gasteiger partial charge is 0.422 e. The van der Waals surface area contributed by atoms with Crippen LogP contribution in [-0.2, 0) is 10.0 Å². The third-order valence-electron chi connectivity index (χ3n) is 4.93. The Kier molecular flexibility index (Phi) is 5.12. The van der Waals surface area contributed by atoms with Crippen LogP contribution in [0.3, 0.4) is 0 Å². The van der Waals surface area contributed by atoms with Crippen molar-refractivity contribution < 1.29 is 26.4 Å². The highest BCUT2D eigenvalue weighted by molar-refractivity contribution is 7.89. The van der Waals surface area contributed by atoms with Gasteiger partial charge in [0.1, 0.15) is 11.1 Å². The summed E-state index contributed by atoms with van der Waals surface area (Å²) in [6, 6.07) is 10.6. The van der Waals surface area contributed by atoms with Crippen LogP contribution in [-0.4, -0.2) is 49.7 Å². The van der Waals surface area contributed by atoms with E-state index in [9.17, 15) is 26.8 Å². The van der Waals surface area contributed by atoms with Gasteiger partial charge in [0.2, 0.25) is 10.0 Å². The SMILES string of the molecule is O=C(c1cc2ccccc2oc1=O)N1CCN(S(=O)(=O)c2ccc(F)c(F)c2)CC1. The molecule has 2 heterocycles. The number of sulfonamides is 1. The maximum Gasteiger partial charge on any atom is 0.349 e. The lowest BCUT2D eigenvalue weighted by Crippen LogP contribution is -2.51. The van der Waals surface area contributed by atoms with Gasteiger partial charge in [-0.2, -0.15) is 4.31 Å². The molecule has 1 saturated heterocycles. The Morgan fingerprint density at radius 1 is 0.933 bits per heavy atom. The number of amides is 1. The molecule has 7 nitrogen and oxygen atoms in total. The van der Waals surface area contributed by atoms with Crippen LogP contribution in [0.4, 0.5) is 8.78 Å². The summed E-state index contributed by atoms with van der Waals surface area (Å²) < 4.78 is 58.1. The molecule has 0 aliphatic carbocycles. The molecule has 3 aromatic rings. The van der Waals surface area contributed by atoms with Gasteiger partial charge in [0, 0.05) is 31.6 Å². The van der Waals surface area contributed by atoms with Gasteiger partial charge in [-0.3, -0.25) is 4.79 Å². The standard InChI is InChI=1S/C20H16F2N2O5S/c21-16-6-5-14(12-17(16)22)30(27,28)24-9-7-23(8-10-24)19(25)15-11-13-3-1-2-4-18(13)29-20(15)26/h1-6,11-12H,7-10H2. The lowest BCUT2D eigenvalue weighted by atomic mass is 10.1. The molecular formula is C20H16F2N2O5S. The predicted molar refractivity (Wildman–Crippen MR) is 104 cm³/mol. The molecule has 1 aliphatic rings. The van der Waals surface area contributed by atoms with E-state index in [4.69, 9.17) is 4.42 Å². The molecular weight excluding hydrogens is 418 g/mol. The van der Waals surface area contributed by atoms with Crippen LogP contribution in [0.15, 0.2) is 62.6 Å². The first kappa shape index (κ1) is 20.2. The first-order chi connectivity index (χ1) is 14.3. The fourth-order valence-electron chi connectivity index (χ4n) is 3.30. The van der Waals surface area contributed by atoms with Crippen molar-refractivity contribution in [3.63, 3.8) is 0 Å². The highest BCUT2D eigenvalue weighted by Gasteiger charge is 2.32. The topological polar surface area (TPSA) is 87.9 Å². The Morgan fingerprint density at radius 3 is 2.33 bits per heavy atom. The van der Waals surface area contributed by atoms with E-state index in [0.717, 1.165) is 16.4 Å². The number of para-hydroxylation sites is 1. The minimum absolute atomic E-state index is 0.0357. The molecule has 10 heteroatoms. The predicted octanol–water partition coefficient (Wildman–Crippen LogP) is 2.22. The molecule has 1 aliphatic heterocycles. The quantitative estimate of drug-likeness (QED) is 0.590. The number of hydrogen-bond donors (Lipinski definition) is 0. The number of carbonyl (C=O) groups excluding carboxylic acids is 1. The van der Waals surface area contributed by atoms with Crippen LogP contribution >= 0.6 is 0 Å². The van der Waals surface area contributed by atoms with E-state index in [2.05, 4.69) is 0 Å². The van der Waals surface area contributed by atoms with Crippen LogP contribution in [0.25, 0.3) is 11.0 Å². The van der Waals surface area contributed by atoms with Crippen molar-refractivity contribution >= 4 is 26.9 Å². The molecule has 0 saturated carbocycles. The molecule has 1 aromatic heterocycles. The van der Waals surface area contributed by atoms with Crippen LogP contribution in [0.1, 0.15) is 10.4 Å². The maximum atomic E-state index is 13.4. The van der Waals surface area contributed by atoms with E-state index in [1.807, 2.05) is 0 Å². The summed E-state index contributed by atoms with van der Waals surface area (Å²) in [4.78, 5) is 26.0. The van der Waals surface area contributed by atoms with Gasteiger partial charge < -0.3 is 9.32 Å². The average Bonchev–Trinajstić information content (AvgIpc) is 2.74. The molecule has 4 rings (SSSR count). The summed E-state index contributed by atoms with van der Waals surface area (Å²) in [5.41, 5.74) is -0.539. The maximum absolute atomic E-state index is 13.4. The monoisotopic (exact) mass is 434 g/mol. The highest BCUT2D eigenvalue weighted by atomic mass is 32.2. The van der Waals surface area contributed by atoms with E-state index in [0.29, 0.717) is 17.0 Å². The summed E-state index contributed by atoms with van der Waals surface area (Å²) >= 11 is 0. The van der Waals surface area contributed by atoms with Crippen molar-refractivity contribution in [3.8, 4) is 0 Å². The summed E-state index contributed by atoms with van der Waals surface area (Å²) in [5, 5.41) is 0.597. The minimum Gasteiger partial charge on any atom is -0.422 e. The fraction of sp³-hybridized carbons (Fsp3) is 0.200. The third-order valence-corrected chi connectivity index (χ3v) is 6.82. The molecule has 156 valence electrons. The zero-order valence-electron chi connectivity index (χ0n) is 15.5. The van der Waals surface area contributed by atoms with Crippen LogP contribution in [0, 0.1) is 11.6 Å². The molecule has 0 radical (unpaired) electrons. The number of halogens is 2. The van der Waals surface area contributed by atoms with Gasteiger partial charge >= 0.3 is 5.63 Å². The van der Waals surface area contributed by atoms with Crippen LogP contribution in [0.2, 0.25) is 0 Å². The Labute approximate surface area is 170 Å². The van der Waals surface area contributed by atoms with Gasteiger partial charge in [-0.05, 0) is 30.3 Å². The lowest BCUT2D eigenvalue weighted by molar-refractivity contribution is 0.0694. The van der Waals surface area contributed by atoms with Gasteiger partial charge in [0.25, 0.3) is 5.91 Å². The molecule has 1 fully saturated rings. The Hall–Kier alpha value is -3.11. The van der Waals surface area contributed by atoms with Gasteiger partial charge in [-0.15, -0.1) is 0 Å². The number of benzene rings is 2. The number of piperazine rings is 1. The zero-order chi connectivity index (χ0) is 21.5. The zero-order valence-corrected chi connectivity index (χ0v) is 16.4. The van der Waals surface area contributed by atoms with E-state index in [-0.39, 0.29) is 36.6 Å². The molecule has 0 atom stereocenters. The second kappa shape index (κ2) is 7.62. The summed E-state index contributed by atoms with van der Waals surface area (Å²) in [7, 11) is -4.04. The van der Waals surface area contributed by atoms with Crippen molar-refractivity contribution in [2.75, 3.05) is 26.2 Å². The van der Waals surface area contributed by atoms with Gasteiger partial charge in [0.15, 0.2) is 11.6 Å². The number of hydrogen-bond acceptors (Lipinski definition) is 5. The smallest absolute Gasteiger partial charge is 0.349 e. The Morgan fingerprint density at radius 2 is 1.63 bits per heavy atom. The third kappa shape index (κ3) is 3.59. The Bertz CT molecular complexity index is 1300. The number of nitrogens with zero attached hydrogens (tertiary/aromatic N) is 2. The van der Waals surface area contributed by atoms with Crippen LogP contribution < -0.4 is 5.63 Å². The van der Waals surface area contributed by atoms with Gasteiger partial charge in [0.05, 0.1) is 4.90 Å². The minimum atomic E-state index is -4.04. The van der Waals surface area contributed by atoms with Crippen molar-refractivity contribution in [3.05, 3.63) is 76.1 Å². The average molecular weight is 434 g/mol. The van der Waals surface area contributed by atoms with Gasteiger partial charge in [-0.1, -0.05) is 18.2 Å². The first-order valence-electron chi connectivity index (χ1n) is 9.05. The van der Waals surface area contributed by atoms with Crippen LogP contribution in [0.5, 0.6) is 0 Å².